The van der Waals surface area contributed by atoms with Crippen molar-refractivity contribution in [2.45, 2.75) is 38.6 Å². The predicted molar refractivity (Wildman–Crippen MR) is 98.8 cm³/mol. The average Bonchev–Trinajstić information content (AvgIpc) is 3.54. The number of guanidine groups is 1. The molecule has 6 heteroatoms. The van der Waals surface area contributed by atoms with E-state index in [4.69, 9.17) is 9.47 Å². The second-order valence-electron chi connectivity index (χ2n) is 6.98. The van der Waals surface area contributed by atoms with Crippen molar-refractivity contribution in [2.24, 2.45) is 16.8 Å². The second-order valence-corrected chi connectivity index (χ2v) is 6.98. The van der Waals surface area contributed by atoms with E-state index in [-0.39, 0.29) is 0 Å². The number of aliphatic imine (C=N–C) groups is 1. The normalized spacial score (nSPS) is 17.4. The van der Waals surface area contributed by atoms with Gasteiger partial charge in [0.05, 0.1) is 6.61 Å². The minimum absolute atomic E-state index is 0.695. The second kappa shape index (κ2) is 9.61. The molecule has 2 saturated carbocycles. The SMILES string of the molecule is CN=C(NCCCOCC1CC1)NCc1ccnc(OCC2CC2)c1. The molecule has 1 heterocycles. The highest BCUT2D eigenvalue weighted by molar-refractivity contribution is 5.79. The van der Waals surface area contributed by atoms with Crippen LogP contribution in [0.15, 0.2) is 23.3 Å². The third kappa shape index (κ3) is 7.30. The predicted octanol–water partition coefficient (Wildman–Crippen LogP) is 2.35. The molecular formula is C19H30N4O2. The van der Waals surface area contributed by atoms with E-state index in [1.54, 1.807) is 13.2 Å². The van der Waals surface area contributed by atoms with Crippen LogP contribution < -0.4 is 15.4 Å². The summed E-state index contributed by atoms with van der Waals surface area (Å²) >= 11 is 0. The molecule has 0 amide bonds. The Hall–Kier alpha value is -1.82. The van der Waals surface area contributed by atoms with Crippen molar-refractivity contribution in [3.63, 3.8) is 0 Å². The number of nitrogens with one attached hydrogen (secondary N) is 2. The Morgan fingerprint density at radius 2 is 2.00 bits per heavy atom. The summed E-state index contributed by atoms with van der Waals surface area (Å²) in [7, 11) is 1.79. The Kier molecular flexibility index (Phi) is 6.91. The van der Waals surface area contributed by atoms with Gasteiger partial charge in [0, 0.05) is 45.6 Å². The maximum atomic E-state index is 5.73. The fourth-order valence-electron chi connectivity index (χ4n) is 2.45. The number of pyridine rings is 1. The molecule has 0 radical (unpaired) electrons. The van der Waals surface area contributed by atoms with E-state index >= 15 is 0 Å². The molecule has 0 saturated heterocycles. The van der Waals surface area contributed by atoms with E-state index < -0.39 is 0 Å². The summed E-state index contributed by atoms with van der Waals surface area (Å²) in [6.45, 7) is 4.08. The smallest absolute Gasteiger partial charge is 0.213 e. The zero-order chi connectivity index (χ0) is 17.3. The van der Waals surface area contributed by atoms with Gasteiger partial charge in [-0.1, -0.05) is 0 Å². The molecule has 2 N–H and O–H groups in total. The molecule has 0 spiro atoms. The van der Waals surface area contributed by atoms with E-state index in [1.165, 1.54) is 25.7 Å². The minimum Gasteiger partial charge on any atom is -0.477 e. The van der Waals surface area contributed by atoms with Crippen molar-refractivity contribution < 1.29 is 9.47 Å². The number of hydrogen-bond donors (Lipinski definition) is 2. The minimum atomic E-state index is 0.695. The van der Waals surface area contributed by atoms with Gasteiger partial charge in [-0.3, -0.25) is 4.99 Å². The lowest BCUT2D eigenvalue weighted by Crippen LogP contribution is -2.37. The molecule has 0 aliphatic heterocycles. The summed E-state index contributed by atoms with van der Waals surface area (Å²) < 4.78 is 11.4. The van der Waals surface area contributed by atoms with Crippen LogP contribution in [0.3, 0.4) is 0 Å². The summed E-state index contributed by atoms with van der Waals surface area (Å²) in [4.78, 5) is 8.53. The van der Waals surface area contributed by atoms with Gasteiger partial charge in [0.25, 0.3) is 0 Å². The summed E-state index contributed by atoms with van der Waals surface area (Å²) in [6.07, 6.45) is 8.05. The van der Waals surface area contributed by atoms with E-state index in [1.807, 2.05) is 12.1 Å². The fraction of sp³-hybridized carbons (Fsp3) is 0.684. The number of rotatable bonds is 11. The number of ether oxygens (including phenoxy) is 2. The van der Waals surface area contributed by atoms with Crippen molar-refractivity contribution >= 4 is 5.96 Å². The van der Waals surface area contributed by atoms with Crippen molar-refractivity contribution in [3.05, 3.63) is 23.9 Å². The van der Waals surface area contributed by atoms with Crippen molar-refractivity contribution in [3.8, 4) is 5.88 Å². The van der Waals surface area contributed by atoms with Gasteiger partial charge in [-0.15, -0.1) is 0 Å². The number of hydrogen-bond acceptors (Lipinski definition) is 4. The molecule has 0 unspecified atom stereocenters. The first-order chi connectivity index (χ1) is 12.3. The Morgan fingerprint density at radius 3 is 2.76 bits per heavy atom. The molecule has 1 aromatic heterocycles. The zero-order valence-electron chi connectivity index (χ0n) is 15.2. The van der Waals surface area contributed by atoms with Crippen LogP contribution in [0.4, 0.5) is 0 Å². The van der Waals surface area contributed by atoms with Gasteiger partial charge < -0.3 is 20.1 Å². The van der Waals surface area contributed by atoms with Gasteiger partial charge in [-0.05, 0) is 55.6 Å². The summed E-state index contributed by atoms with van der Waals surface area (Å²) in [5.41, 5.74) is 1.14. The lowest BCUT2D eigenvalue weighted by Gasteiger charge is -2.12. The third-order valence-electron chi connectivity index (χ3n) is 4.46. The molecule has 1 aromatic rings. The van der Waals surface area contributed by atoms with Crippen LogP contribution >= 0.6 is 0 Å². The van der Waals surface area contributed by atoms with Gasteiger partial charge in [0.1, 0.15) is 0 Å². The molecule has 0 aromatic carbocycles. The van der Waals surface area contributed by atoms with Crippen LogP contribution in [0, 0.1) is 11.8 Å². The molecule has 138 valence electrons. The molecule has 25 heavy (non-hydrogen) atoms. The number of nitrogens with zero attached hydrogens (tertiary/aromatic N) is 2. The van der Waals surface area contributed by atoms with Gasteiger partial charge in [-0.2, -0.15) is 0 Å². The number of aromatic nitrogens is 1. The highest BCUT2D eigenvalue weighted by Crippen LogP contribution is 2.29. The van der Waals surface area contributed by atoms with E-state index in [2.05, 4.69) is 20.6 Å². The molecule has 2 aliphatic rings. The van der Waals surface area contributed by atoms with Gasteiger partial charge in [-0.25, -0.2) is 4.98 Å². The Morgan fingerprint density at radius 1 is 1.20 bits per heavy atom. The van der Waals surface area contributed by atoms with Crippen molar-refractivity contribution in [1.29, 1.82) is 0 Å². The van der Waals surface area contributed by atoms with Crippen LogP contribution in [0.25, 0.3) is 0 Å². The first kappa shape index (κ1) is 18.0. The highest BCUT2D eigenvalue weighted by atomic mass is 16.5. The van der Waals surface area contributed by atoms with Crippen LogP contribution in [0.2, 0.25) is 0 Å². The first-order valence-electron chi connectivity index (χ1n) is 9.43. The van der Waals surface area contributed by atoms with Gasteiger partial charge >= 0.3 is 0 Å². The van der Waals surface area contributed by atoms with Crippen LogP contribution in [-0.4, -0.2) is 44.4 Å². The van der Waals surface area contributed by atoms with Crippen molar-refractivity contribution in [1.82, 2.24) is 15.6 Å². The lowest BCUT2D eigenvalue weighted by atomic mass is 10.2. The monoisotopic (exact) mass is 346 g/mol. The zero-order valence-corrected chi connectivity index (χ0v) is 15.2. The Bertz CT molecular complexity index is 556. The van der Waals surface area contributed by atoms with Gasteiger partial charge in [0.2, 0.25) is 5.88 Å². The quantitative estimate of drug-likeness (QED) is 0.366. The fourth-order valence-corrected chi connectivity index (χ4v) is 2.45. The maximum absolute atomic E-state index is 5.73. The van der Waals surface area contributed by atoms with Crippen molar-refractivity contribution in [2.75, 3.05) is 33.4 Å². The summed E-state index contributed by atoms with van der Waals surface area (Å²) in [6, 6.07) is 3.99. The lowest BCUT2D eigenvalue weighted by molar-refractivity contribution is 0.123. The molecule has 2 aliphatic carbocycles. The van der Waals surface area contributed by atoms with E-state index in [0.29, 0.717) is 12.4 Å². The Balaban J connectivity index is 1.30. The van der Waals surface area contributed by atoms with Crippen LogP contribution in [0.5, 0.6) is 5.88 Å². The van der Waals surface area contributed by atoms with E-state index in [9.17, 15) is 0 Å². The molecular weight excluding hydrogens is 316 g/mol. The standard InChI is InChI=1S/C19H30N4O2/c1-20-19(22-8-2-10-24-13-15-3-4-15)23-12-17-7-9-21-18(11-17)25-14-16-5-6-16/h7,9,11,15-16H,2-6,8,10,12-14H2,1H3,(H2,20,22,23). The summed E-state index contributed by atoms with van der Waals surface area (Å²) in [5, 5.41) is 6.64. The third-order valence-corrected chi connectivity index (χ3v) is 4.46. The molecule has 0 bridgehead atoms. The molecule has 2 fully saturated rings. The highest BCUT2D eigenvalue weighted by Gasteiger charge is 2.22. The first-order valence-corrected chi connectivity index (χ1v) is 9.43. The van der Waals surface area contributed by atoms with E-state index in [0.717, 1.165) is 56.1 Å². The van der Waals surface area contributed by atoms with Crippen LogP contribution in [-0.2, 0) is 11.3 Å². The topological polar surface area (TPSA) is 67.8 Å². The summed E-state index contributed by atoms with van der Waals surface area (Å²) in [5.74, 6) is 3.09. The largest absolute Gasteiger partial charge is 0.477 e. The maximum Gasteiger partial charge on any atom is 0.213 e. The molecule has 3 rings (SSSR count). The average molecular weight is 346 g/mol. The molecule has 0 atom stereocenters. The molecule has 6 nitrogen and oxygen atoms in total. The Labute approximate surface area is 150 Å². The van der Waals surface area contributed by atoms with Gasteiger partial charge in [0.15, 0.2) is 5.96 Å². The van der Waals surface area contributed by atoms with Crippen LogP contribution in [0.1, 0.15) is 37.7 Å².